The number of ether oxygens (including phenoxy) is 3. The molecule has 148 valence electrons. The zero-order valence-corrected chi connectivity index (χ0v) is 16.0. The van der Waals surface area contributed by atoms with Crippen molar-refractivity contribution >= 4 is 11.9 Å². The molecule has 0 saturated carbocycles. The molecular weight excluding hydrogens is 358 g/mol. The van der Waals surface area contributed by atoms with Crippen molar-refractivity contribution in [2.45, 2.75) is 18.3 Å². The molecule has 2 aromatic rings. The lowest BCUT2D eigenvalue weighted by atomic mass is 9.74. The van der Waals surface area contributed by atoms with Gasteiger partial charge in [-0.1, -0.05) is 30.3 Å². The number of carbonyl (C=O) groups excluding carboxylic acids is 2. The van der Waals surface area contributed by atoms with Crippen LogP contribution in [0.4, 0.5) is 0 Å². The second kappa shape index (κ2) is 9.37. The fourth-order valence-electron chi connectivity index (χ4n) is 3.39. The second-order valence-electron chi connectivity index (χ2n) is 6.84. The molecule has 1 aliphatic heterocycles. The lowest BCUT2D eigenvalue weighted by molar-refractivity contribution is -0.123. The van der Waals surface area contributed by atoms with Gasteiger partial charge < -0.3 is 19.5 Å². The summed E-state index contributed by atoms with van der Waals surface area (Å²) >= 11 is 0. The normalized spacial score (nSPS) is 15.5. The average molecular weight is 383 g/mol. The third-order valence-electron chi connectivity index (χ3n) is 5.11. The Kier molecular flexibility index (Phi) is 6.66. The van der Waals surface area contributed by atoms with Crippen LogP contribution in [-0.2, 0) is 19.7 Å². The molecule has 1 amide bonds. The molecule has 0 aliphatic carbocycles. The maximum Gasteiger partial charge on any atom is 0.337 e. The summed E-state index contributed by atoms with van der Waals surface area (Å²) in [6.45, 7) is 1.84. The first-order valence-electron chi connectivity index (χ1n) is 9.34. The van der Waals surface area contributed by atoms with Crippen LogP contribution in [-0.4, -0.2) is 45.4 Å². The van der Waals surface area contributed by atoms with Gasteiger partial charge in [0.15, 0.2) is 6.61 Å². The van der Waals surface area contributed by atoms with Crippen molar-refractivity contribution in [2.75, 3.05) is 33.5 Å². The third-order valence-corrected chi connectivity index (χ3v) is 5.11. The number of hydrogen-bond donors (Lipinski definition) is 1. The Hall–Kier alpha value is -2.86. The minimum absolute atomic E-state index is 0.0844. The molecule has 0 bridgehead atoms. The van der Waals surface area contributed by atoms with E-state index in [4.69, 9.17) is 9.47 Å². The summed E-state index contributed by atoms with van der Waals surface area (Å²) in [6, 6.07) is 16.7. The Labute approximate surface area is 164 Å². The Morgan fingerprint density at radius 2 is 1.71 bits per heavy atom. The van der Waals surface area contributed by atoms with Crippen LogP contribution < -0.4 is 10.1 Å². The molecule has 1 heterocycles. The number of benzene rings is 2. The van der Waals surface area contributed by atoms with Crippen molar-refractivity contribution in [3.8, 4) is 5.75 Å². The highest BCUT2D eigenvalue weighted by Crippen LogP contribution is 2.34. The Bertz CT molecular complexity index is 782. The van der Waals surface area contributed by atoms with E-state index in [1.54, 1.807) is 24.3 Å². The highest BCUT2D eigenvalue weighted by Gasteiger charge is 2.34. The number of esters is 1. The minimum Gasteiger partial charge on any atom is -0.484 e. The Balaban J connectivity index is 1.54. The molecule has 0 spiro atoms. The van der Waals surface area contributed by atoms with Crippen molar-refractivity contribution in [1.82, 2.24) is 5.32 Å². The van der Waals surface area contributed by atoms with E-state index >= 15 is 0 Å². The first-order chi connectivity index (χ1) is 13.6. The number of amides is 1. The predicted molar refractivity (Wildman–Crippen MR) is 104 cm³/mol. The van der Waals surface area contributed by atoms with Crippen LogP contribution in [0, 0.1) is 0 Å². The zero-order chi connectivity index (χ0) is 19.8. The number of methoxy groups -OCH3 is 1. The van der Waals surface area contributed by atoms with Crippen LogP contribution in [0.3, 0.4) is 0 Å². The largest absolute Gasteiger partial charge is 0.484 e. The summed E-state index contributed by atoms with van der Waals surface area (Å²) in [4.78, 5) is 23.7. The van der Waals surface area contributed by atoms with E-state index in [0.29, 0.717) is 31.1 Å². The number of rotatable bonds is 7. The topological polar surface area (TPSA) is 73.9 Å². The molecule has 2 aromatic carbocycles. The first kappa shape index (κ1) is 19.9. The molecule has 1 saturated heterocycles. The first-order valence-corrected chi connectivity index (χ1v) is 9.34. The summed E-state index contributed by atoms with van der Waals surface area (Å²) in [7, 11) is 1.33. The van der Waals surface area contributed by atoms with Gasteiger partial charge in [0.2, 0.25) is 0 Å². The number of carbonyl (C=O) groups is 2. The van der Waals surface area contributed by atoms with Gasteiger partial charge in [0.25, 0.3) is 5.91 Å². The van der Waals surface area contributed by atoms with E-state index in [1.165, 1.54) is 12.7 Å². The molecule has 28 heavy (non-hydrogen) atoms. The summed E-state index contributed by atoms with van der Waals surface area (Å²) in [5, 5.41) is 3.01. The molecule has 1 aliphatic rings. The van der Waals surface area contributed by atoms with Crippen LogP contribution in [0.1, 0.15) is 28.8 Å². The molecular formula is C22H25NO5. The SMILES string of the molecule is COC(=O)c1ccc(OCC(=O)NCC2(c3ccccc3)CCOCC2)cc1. The maximum atomic E-state index is 12.3. The van der Waals surface area contributed by atoms with Gasteiger partial charge in [0.05, 0.1) is 12.7 Å². The van der Waals surface area contributed by atoms with E-state index in [-0.39, 0.29) is 17.9 Å². The zero-order valence-electron chi connectivity index (χ0n) is 16.0. The maximum absolute atomic E-state index is 12.3. The van der Waals surface area contributed by atoms with E-state index < -0.39 is 5.97 Å². The van der Waals surface area contributed by atoms with E-state index in [9.17, 15) is 9.59 Å². The van der Waals surface area contributed by atoms with Crippen LogP contribution >= 0.6 is 0 Å². The van der Waals surface area contributed by atoms with Crippen molar-refractivity contribution in [1.29, 1.82) is 0 Å². The highest BCUT2D eigenvalue weighted by molar-refractivity contribution is 5.89. The molecule has 1 fully saturated rings. The summed E-state index contributed by atoms with van der Waals surface area (Å²) in [5.74, 6) is -0.0718. The molecule has 1 N–H and O–H groups in total. The van der Waals surface area contributed by atoms with Gasteiger partial charge in [0, 0.05) is 25.2 Å². The standard InChI is InChI=1S/C22H25NO5/c1-26-21(25)17-7-9-19(10-8-17)28-15-20(24)23-16-22(11-13-27-14-12-22)18-5-3-2-4-6-18/h2-10H,11-16H2,1H3,(H,23,24). The lowest BCUT2D eigenvalue weighted by Crippen LogP contribution is -2.45. The van der Waals surface area contributed by atoms with E-state index in [2.05, 4.69) is 22.2 Å². The smallest absolute Gasteiger partial charge is 0.337 e. The van der Waals surface area contributed by atoms with Crippen LogP contribution in [0.5, 0.6) is 5.75 Å². The molecule has 6 nitrogen and oxygen atoms in total. The molecule has 0 aromatic heterocycles. The van der Waals surface area contributed by atoms with Crippen molar-refractivity contribution in [3.05, 3.63) is 65.7 Å². The average Bonchev–Trinajstić information content (AvgIpc) is 2.77. The third kappa shape index (κ3) is 4.89. The number of nitrogens with one attached hydrogen (secondary N) is 1. The van der Waals surface area contributed by atoms with E-state index in [0.717, 1.165) is 12.8 Å². The van der Waals surface area contributed by atoms with Gasteiger partial charge in [-0.05, 0) is 42.7 Å². The quantitative estimate of drug-likeness (QED) is 0.744. The Morgan fingerprint density at radius 3 is 2.36 bits per heavy atom. The molecule has 3 rings (SSSR count). The summed E-state index contributed by atoms with van der Waals surface area (Å²) < 4.78 is 15.7. The van der Waals surface area contributed by atoms with Crippen molar-refractivity contribution in [2.24, 2.45) is 0 Å². The Morgan fingerprint density at radius 1 is 1.04 bits per heavy atom. The van der Waals surface area contributed by atoms with Gasteiger partial charge in [-0.25, -0.2) is 4.79 Å². The van der Waals surface area contributed by atoms with E-state index in [1.807, 2.05) is 18.2 Å². The lowest BCUT2D eigenvalue weighted by Gasteiger charge is -2.38. The molecule has 0 unspecified atom stereocenters. The number of hydrogen-bond acceptors (Lipinski definition) is 5. The van der Waals surface area contributed by atoms with Crippen LogP contribution in [0.25, 0.3) is 0 Å². The van der Waals surface area contributed by atoms with Gasteiger partial charge in [0.1, 0.15) is 5.75 Å². The molecule has 0 atom stereocenters. The van der Waals surface area contributed by atoms with Crippen LogP contribution in [0.15, 0.2) is 54.6 Å². The predicted octanol–water partition coefficient (Wildman–Crippen LogP) is 2.72. The second-order valence-corrected chi connectivity index (χ2v) is 6.84. The summed E-state index contributed by atoms with van der Waals surface area (Å²) in [6.07, 6.45) is 1.74. The molecule has 6 heteroatoms. The minimum atomic E-state index is -0.410. The highest BCUT2D eigenvalue weighted by atomic mass is 16.5. The van der Waals surface area contributed by atoms with Crippen molar-refractivity contribution < 1.29 is 23.8 Å². The van der Waals surface area contributed by atoms with Crippen molar-refractivity contribution in [3.63, 3.8) is 0 Å². The van der Waals surface area contributed by atoms with Gasteiger partial charge in [-0.3, -0.25) is 4.79 Å². The van der Waals surface area contributed by atoms with Gasteiger partial charge >= 0.3 is 5.97 Å². The van der Waals surface area contributed by atoms with Crippen LogP contribution in [0.2, 0.25) is 0 Å². The molecule has 0 radical (unpaired) electrons. The monoisotopic (exact) mass is 383 g/mol. The van der Waals surface area contributed by atoms with Gasteiger partial charge in [-0.15, -0.1) is 0 Å². The summed E-state index contributed by atoms with van der Waals surface area (Å²) in [5.41, 5.74) is 1.54. The fraction of sp³-hybridized carbons (Fsp3) is 0.364. The van der Waals surface area contributed by atoms with Gasteiger partial charge in [-0.2, -0.15) is 0 Å². The fourth-order valence-corrected chi connectivity index (χ4v) is 3.39.